The number of imidazole rings is 1. The summed E-state index contributed by atoms with van der Waals surface area (Å²) < 4.78 is 14.5. The normalized spacial score (nSPS) is 10.8. The van der Waals surface area contributed by atoms with Crippen molar-refractivity contribution in [3.63, 3.8) is 0 Å². The van der Waals surface area contributed by atoms with Crippen molar-refractivity contribution in [1.29, 1.82) is 0 Å². The minimum absolute atomic E-state index is 0.0589. The molecule has 1 N–H and O–H groups in total. The highest BCUT2D eigenvalue weighted by atomic mass is 19.1. The summed E-state index contributed by atoms with van der Waals surface area (Å²) >= 11 is 0. The Morgan fingerprint density at radius 1 is 1.26 bits per heavy atom. The second kappa shape index (κ2) is 4.16. The van der Waals surface area contributed by atoms with Crippen LogP contribution in [0.5, 0.6) is 0 Å². The summed E-state index contributed by atoms with van der Waals surface area (Å²) in [5.74, 6) is -1.45. The molecule has 0 spiro atoms. The average molecular weight is 257 g/mol. The molecule has 0 saturated carbocycles. The van der Waals surface area contributed by atoms with Gasteiger partial charge in [0.1, 0.15) is 11.5 Å². The van der Waals surface area contributed by atoms with Crippen LogP contribution in [0, 0.1) is 5.82 Å². The Hall–Kier alpha value is -2.76. The van der Waals surface area contributed by atoms with Gasteiger partial charge in [0.25, 0.3) is 0 Å². The predicted octanol–water partition coefficient (Wildman–Crippen LogP) is 2.23. The number of halogens is 1. The fourth-order valence-corrected chi connectivity index (χ4v) is 1.83. The van der Waals surface area contributed by atoms with Crippen molar-refractivity contribution in [2.75, 3.05) is 0 Å². The van der Waals surface area contributed by atoms with Gasteiger partial charge in [-0.25, -0.2) is 14.2 Å². The van der Waals surface area contributed by atoms with E-state index in [9.17, 15) is 9.18 Å². The van der Waals surface area contributed by atoms with Gasteiger partial charge in [0, 0.05) is 24.2 Å². The molecule has 19 heavy (non-hydrogen) atoms. The Kier molecular flexibility index (Phi) is 2.49. The van der Waals surface area contributed by atoms with Crippen LogP contribution >= 0.6 is 0 Å². The Morgan fingerprint density at radius 2 is 2.00 bits per heavy atom. The van der Waals surface area contributed by atoms with Crippen LogP contribution in [-0.4, -0.2) is 25.4 Å². The van der Waals surface area contributed by atoms with Crippen molar-refractivity contribution in [3.8, 4) is 11.3 Å². The van der Waals surface area contributed by atoms with Gasteiger partial charge in [-0.3, -0.25) is 4.98 Å². The summed E-state index contributed by atoms with van der Waals surface area (Å²) in [6.07, 6.45) is 4.56. The molecule has 3 aromatic rings. The Labute approximate surface area is 107 Å². The summed E-state index contributed by atoms with van der Waals surface area (Å²) in [6.45, 7) is 0. The summed E-state index contributed by atoms with van der Waals surface area (Å²) in [6, 6.07) is 5.79. The van der Waals surface area contributed by atoms with Gasteiger partial charge >= 0.3 is 5.97 Å². The Balaban J connectivity index is 2.23. The van der Waals surface area contributed by atoms with Crippen molar-refractivity contribution >= 4 is 11.6 Å². The number of hydrogen-bond acceptors (Lipinski definition) is 3. The molecular formula is C13H8FN3O2. The highest BCUT2D eigenvalue weighted by Gasteiger charge is 2.13. The number of hydrogen-bond donors (Lipinski definition) is 1. The minimum atomic E-state index is -1.10. The second-order valence-electron chi connectivity index (χ2n) is 3.94. The number of fused-ring (bicyclic) bond motifs is 1. The van der Waals surface area contributed by atoms with E-state index in [1.807, 2.05) is 0 Å². The molecule has 94 valence electrons. The van der Waals surface area contributed by atoms with Crippen LogP contribution in [0.1, 0.15) is 10.5 Å². The topological polar surface area (TPSA) is 67.5 Å². The molecule has 0 bridgehead atoms. The smallest absolute Gasteiger partial charge is 0.356 e. The third-order valence-electron chi connectivity index (χ3n) is 2.71. The molecule has 0 amide bonds. The summed E-state index contributed by atoms with van der Waals surface area (Å²) in [7, 11) is 0. The van der Waals surface area contributed by atoms with Gasteiger partial charge in [-0.05, 0) is 24.3 Å². The molecule has 2 aromatic heterocycles. The lowest BCUT2D eigenvalue weighted by Gasteiger charge is -2.02. The Morgan fingerprint density at radius 3 is 2.68 bits per heavy atom. The van der Waals surface area contributed by atoms with E-state index < -0.39 is 5.97 Å². The van der Waals surface area contributed by atoms with Crippen LogP contribution in [0.2, 0.25) is 0 Å². The number of benzene rings is 1. The molecule has 0 aliphatic heterocycles. The lowest BCUT2D eigenvalue weighted by atomic mass is 10.1. The molecule has 2 heterocycles. The molecule has 1 aromatic carbocycles. The molecule has 6 heteroatoms. The molecule has 0 atom stereocenters. The number of aromatic carboxylic acids is 1. The van der Waals surface area contributed by atoms with E-state index >= 15 is 0 Å². The highest BCUT2D eigenvalue weighted by Crippen LogP contribution is 2.21. The standard InChI is InChI=1S/C13H8FN3O2/c14-9-3-1-8(2-4-9)11-12-16-10(13(18)19)7-17(12)6-5-15-11/h1-7H,(H,18,19). The first-order valence-corrected chi connectivity index (χ1v) is 5.48. The van der Waals surface area contributed by atoms with Crippen LogP contribution in [0.3, 0.4) is 0 Å². The maximum atomic E-state index is 12.9. The van der Waals surface area contributed by atoms with E-state index in [1.165, 1.54) is 18.3 Å². The third kappa shape index (κ3) is 1.93. The van der Waals surface area contributed by atoms with E-state index in [0.29, 0.717) is 16.9 Å². The van der Waals surface area contributed by atoms with Crippen molar-refractivity contribution < 1.29 is 14.3 Å². The van der Waals surface area contributed by atoms with Gasteiger partial charge in [-0.15, -0.1) is 0 Å². The molecule has 0 radical (unpaired) electrons. The quantitative estimate of drug-likeness (QED) is 0.764. The van der Waals surface area contributed by atoms with E-state index in [0.717, 1.165) is 0 Å². The van der Waals surface area contributed by atoms with E-state index in [4.69, 9.17) is 5.11 Å². The minimum Gasteiger partial charge on any atom is -0.476 e. The van der Waals surface area contributed by atoms with Crippen molar-refractivity contribution in [2.45, 2.75) is 0 Å². The lowest BCUT2D eigenvalue weighted by Crippen LogP contribution is -1.95. The van der Waals surface area contributed by atoms with E-state index in [-0.39, 0.29) is 11.5 Å². The summed E-state index contributed by atoms with van der Waals surface area (Å²) in [5.41, 5.74) is 1.55. The van der Waals surface area contributed by atoms with Crippen LogP contribution in [0.15, 0.2) is 42.9 Å². The van der Waals surface area contributed by atoms with E-state index in [2.05, 4.69) is 9.97 Å². The number of carbonyl (C=O) groups is 1. The lowest BCUT2D eigenvalue weighted by molar-refractivity contribution is 0.0691. The van der Waals surface area contributed by atoms with Crippen LogP contribution in [0.4, 0.5) is 4.39 Å². The molecule has 0 aliphatic carbocycles. The van der Waals surface area contributed by atoms with Crippen molar-refractivity contribution in [2.24, 2.45) is 0 Å². The third-order valence-corrected chi connectivity index (χ3v) is 2.71. The molecule has 0 saturated heterocycles. The second-order valence-corrected chi connectivity index (χ2v) is 3.94. The molecule has 5 nitrogen and oxygen atoms in total. The van der Waals surface area contributed by atoms with Crippen molar-refractivity contribution in [1.82, 2.24) is 14.4 Å². The highest BCUT2D eigenvalue weighted by molar-refractivity contribution is 5.87. The number of aromatic nitrogens is 3. The van der Waals surface area contributed by atoms with Gasteiger partial charge in [0.05, 0.1) is 0 Å². The first-order valence-electron chi connectivity index (χ1n) is 5.48. The van der Waals surface area contributed by atoms with Gasteiger partial charge in [-0.1, -0.05) is 0 Å². The van der Waals surface area contributed by atoms with Crippen LogP contribution < -0.4 is 0 Å². The number of nitrogens with zero attached hydrogens (tertiary/aromatic N) is 3. The fraction of sp³-hybridized carbons (Fsp3) is 0. The molecule has 0 unspecified atom stereocenters. The maximum absolute atomic E-state index is 12.9. The SMILES string of the molecule is O=C(O)c1cn2ccnc(-c3ccc(F)cc3)c2n1. The first kappa shape index (κ1) is 11.3. The zero-order valence-electron chi connectivity index (χ0n) is 9.62. The zero-order chi connectivity index (χ0) is 13.4. The zero-order valence-corrected chi connectivity index (χ0v) is 9.62. The van der Waals surface area contributed by atoms with Crippen molar-refractivity contribution in [3.05, 3.63) is 54.4 Å². The predicted molar refractivity (Wildman–Crippen MR) is 65.3 cm³/mol. The largest absolute Gasteiger partial charge is 0.476 e. The molecule has 3 rings (SSSR count). The molecular weight excluding hydrogens is 249 g/mol. The van der Waals surface area contributed by atoms with Gasteiger partial charge in [0.15, 0.2) is 11.3 Å². The number of rotatable bonds is 2. The van der Waals surface area contributed by atoms with Crippen LogP contribution in [0.25, 0.3) is 16.9 Å². The molecule has 0 aliphatic rings. The Bertz CT molecular complexity index is 765. The fourth-order valence-electron chi connectivity index (χ4n) is 1.83. The summed E-state index contributed by atoms with van der Waals surface area (Å²) in [5, 5.41) is 8.94. The monoisotopic (exact) mass is 257 g/mol. The first-order chi connectivity index (χ1) is 9.15. The maximum Gasteiger partial charge on any atom is 0.356 e. The van der Waals surface area contributed by atoms with Gasteiger partial charge in [-0.2, -0.15) is 0 Å². The number of carboxylic acids is 1. The van der Waals surface area contributed by atoms with Gasteiger partial charge in [0.2, 0.25) is 0 Å². The van der Waals surface area contributed by atoms with Crippen LogP contribution in [-0.2, 0) is 0 Å². The molecule has 0 fully saturated rings. The average Bonchev–Trinajstić information content (AvgIpc) is 2.83. The van der Waals surface area contributed by atoms with Gasteiger partial charge < -0.3 is 9.51 Å². The summed E-state index contributed by atoms with van der Waals surface area (Å²) in [4.78, 5) is 19.1. The van der Waals surface area contributed by atoms with E-state index in [1.54, 1.807) is 28.9 Å². The number of carboxylic acid groups (broad SMARTS) is 1.